The number of aryl methyl sites for hydroxylation is 2. The van der Waals surface area contributed by atoms with E-state index in [-0.39, 0.29) is 17.4 Å². The van der Waals surface area contributed by atoms with Crippen molar-refractivity contribution in [3.63, 3.8) is 0 Å². The fourth-order valence-electron chi connectivity index (χ4n) is 4.59. The van der Waals surface area contributed by atoms with E-state index in [1.165, 1.54) is 46.9 Å². The highest BCUT2D eigenvalue weighted by molar-refractivity contribution is 7.17. The summed E-state index contributed by atoms with van der Waals surface area (Å²) in [7, 11) is 1.64. The van der Waals surface area contributed by atoms with Crippen LogP contribution < -0.4 is 10.2 Å². The summed E-state index contributed by atoms with van der Waals surface area (Å²) in [5.74, 6) is -0.730. The number of aromatic carboxylic acids is 1. The van der Waals surface area contributed by atoms with E-state index in [1.807, 2.05) is 28.8 Å². The summed E-state index contributed by atoms with van der Waals surface area (Å²) in [6, 6.07) is 18.6. The summed E-state index contributed by atoms with van der Waals surface area (Å²) < 4.78 is 7.28. The zero-order valence-electron chi connectivity index (χ0n) is 22.8. The zero-order valence-corrected chi connectivity index (χ0v) is 23.6. The van der Waals surface area contributed by atoms with E-state index < -0.39 is 5.97 Å². The molecule has 2 N–H and O–H groups in total. The van der Waals surface area contributed by atoms with Gasteiger partial charge in [0.15, 0.2) is 12.2 Å². The molecule has 43 heavy (non-hydrogen) atoms. The lowest BCUT2D eigenvalue weighted by atomic mass is 10.1. The minimum atomic E-state index is -1.06. The molecule has 11 nitrogen and oxygen atoms in total. The van der Waals surface area contributed by atoms with E-state index >= 15 is 0 Å². The molecule has 0 aliphatic carbocycles. The van der Waals surface area contributed by atoms with Crippen molar-refractivity contribution in [1.29, 1.82) is 0 Å². The Balaban J connectivity index is 1.29. The number of carboxylic acid groups (broad SMARTS) is 1. The second kappa shape index (κ2) is 11.7. The van der Waals surface area contributed by atoms with Crippen LogP contribution >= 0.6 is 11.3 Å². The smallest absolute Gasteiger partial charge is 0.335 e. The molecule has 214 valence electrons. The lowest BCUT2D eigenvalue weighted by molar-refractivity contribution is 0.0696. The molecular formula is C31H24N6O5S. The standard InChI is InChI=1S/C31H24N6O5S/c1-36(29(39)20-4-6-21(7-5-20)30(40)41)22-8-9-24-23(15-22)34-31(37(24)14-12-19-3-2-13-32-16-19)35-28(38)27-11-10-26(43-27)25-17-33-18-42-25/h2-11,13,15-18H,12,14H2,1H3,(H,40,41)(H,34,35,38). The first kappa shape index (κ1) is 27.5. The average Bonchev–Trinajstić information content (AvgIpc) is 3.80. The van der Waals surface area contributed by atoms with Gasteiger partial charge < -0.3 is 19.0 Å². The van der Waals surface area contributed by atoms with Crippen LogP contribution in [0.25, 0.3) is 21.7 Å². The number of fused-ring (bicyclic) bond motifs is 1. The van der Waals surface area contributed by atoms with Gasteiger partial charge in [-0.25, -0.2) is 14.8 Å². The number of anilines is 2. The Labute approximate surface area is 249 Å². The summed E-state index contributed by atoms with van der Waals surface area (Å²) in [6.45, 7) is 0.523. The normalized spacial score (nSPS) is 11.0. The number of carbonyl (C=O) groups excluding carboxylic acids is 2. The number of imidazole rings is 1. The van der Waals surface area contributed by atoms with E-state index in [9.17, 15) is 14.4 Å². The van der Waals surface area contributed by atoms with E-state index in [4.69, 9.17) is 14.5 Å². The molecule has 6 aromatic rings. The summed E-state index contributed by atoms with van der Waals surface area (Å²) in [6.07, 6.45) is 7.11. The Kier molecular flexibility index (Phi) is 7.50. The molecule has 0 aliphatic rings. The number of oxazole rings is 1. The van der Waals surface area contributed by atoms with Crippen LogP contribution in [0.3, 0.4) is 0 Å². The molecular weight excluding hydrogens is 568 g/mol. The predicted molar refractivity (Wildman–Crippen MR) is 162 cm³/mol. The van der Waals surface area contributed by atoms with Crippen molar-refractivity contribution in [3.05, 3.63) is 113 Å². The Morgan fingerprint density at radius 3 is 2.53 bits per heavy atom. The van der Waals surface area contributed by atoms with Gasteiger partial charge in [0, 0.05) is 37.2 Å². The van der Waals surface area contributed by atoms with Crippen LogP contribution in [0.1, 0.15) is 36.0 Å². The van der Waals surface area contributed by atoms with Crippen molar-refractivity contribution in [3.8, 4) is 10.6 Å². The number of hydrogen-bond acceptors (Lipinski definition) is 8. The number of hydrogen-bond donors (Lipinski definition) is 2. The molecule has 0 radical (unpaired) electrons. The number of pyridine rings is 1. The highest BCUT2D eigenvalue weighted by Gasteiger charge is 2.20. The number of carboxylic acids is 1. The van der Waals surface area contributed by atoms with Crippen LogP contribution in [0.5, 0.6) is 0 Å². The zero-order chi connectivity index (χ0) is 29.9. The van der Waals surface area contributed by atoms with Crippen LogP contribution in [-0.2, 0) is 13.0 Å². The van der Waals surface area contributed by atoms with Crippen molar-refractivity contribution in [2.45, 2.75) is 13.0 Å². The van der Waals surface area contributed by atoms with Gasteiger partial charge in [-0.15, -0.1) is 11.3 Å². The molecule has 2 aromatic carbocycles. The highest BCUT2D eigenvalue weighted by atomic mass is 32.1. The second-order valence-corrected chi connectivity index (χ2v) is 10.7. The molecule has 0 saturated heterocycles. The Morgan fingerprint density at radius 1 is 1.00 bits per heavy atom. The van der Waals surface area contributed by atoms with Gasteiger partial charge in [0.25, 0.3) is 11.8 Å². The second-order valence-electron chi connectivity index (χ2n) is 9.60. The van der Waals surface area contributed by atoms with Gasteiger partial charge in [0.2, 0.25) is 5.95 Å². The van der Waals surface area contributed by atoms with Crippen molar-refractivity contribution < 1.29 is 23.9 Å². The van der Waals surface area contributed by atoms with Crippen molar-refractivity contribution in [1.82, 2.24) is 19.5 Å². The van der Waals surface area contributed by atoms with Crippen molar-refractivity contribution in [2.24, 2.45) is 0 Å². The average molecular weight is 593 g/mol. The third-order valence-electron chi connectivity index (χ3n) is 6.88. The monoisotopic (exact) mass is 592 g/mol. The van der Waals surface area contributed by atoms with E-state index in [0.29, 0.717) is 46.3 Å². The number of thiophene rings is 1. The quantitative estimate of drug-likeness (QED) is 0.220. The Bertz CT molecular complexity index is 1930. The molecule has 0 spiro atoms. The number of nitrogens with zero attached hydrogens (tertiary/aromatic N) is 5. The van der Waals surface area contributed by atoms with Crippen molar-refractivity contribution in [2.75, 3.05) is 17.3 Å². The molecule has 0 fully saturated rings. The predicted octanol–water partition coefficient (Wildman–Crippen LogP) is 5.62. The summed E-state index contributed by atoms with van der Waals surface area (Å²) in [5, 5.41) is 12.1. The fraction of sp³-hybridized carbons (Fsp3) is 0.0968. The highest BCUT2D eigenvalue weighted by Crippen LogP contribution is 2.30. The van der Waals surface area contributed by atoms with E-state index in [1.54, 1.807) is 43.8 Å². The maximum atomic E-state index is 13.3. The lowest BCUT2D eigenvalue weighted by Crippen LogP contribution is -2.26. The van der Waals surface area contributed by atoms with Gasteiger partial charge in [-0.2, -0.15) is 0 Å². The fourth-order valence-corrected chi connectivity index (χ4v) is 5.45. The number of amides is 2. The summed E-state index contributed by atoms with van der Waals surface area (Å²) in [4.78, 5) is 53.2. The number of benzene rings is 2. The number of rotatable bonds is 9. The van der Waals surface area contributed by atoms with Crippen LogP contribution in [0.4, 0.5) is 11.6 Å². The molecule has 0 atom stereocenters. The molecule has 0 bridgehead atoms. The van der Waals surface area contributed by atoms with Crippen LogP contribution in [0, 0.1) is 0 Å². The minimum absolute atomic E-state index is 0.101. The molecule has 2 amide bonds. The summed E-state index contributed by atoms with van der Waals surface area (Å²) >= 11 is 1.28. The SMILES string of the molecule is CN(C(=O)c1ccc(C(=O)O)cc1)c1ccc2c(c1)nc(NC(=O)c1ccc(-c3cnco3)s1)n2CCc1cccnc1. The third kappa shape index (κ3) is 5.76. The van der Waals surface area contributed by atoms with Gasteiger partial charge in [0.05, 0.1) is 32.5 Å². The van der Waals surface area contributed by atoms with E-state index in [2.05, 4.69) is 15.3 Å². The van der Waals surface area contributed by atoms with Crippen molar-refractivity contribution >= 4 is 51.8 Å². The van der Waals surface area contributed by atoms with Gasteiger partial charge in [0.1, 0.15) is 0 Å². The number of aromatic nitrogens is 4. The van der Waals surface area contributed by atoms with E-state index in [0.717, 1.165) is 16.0 Å². The molecule has 12 heteroatoms. The Morgan fingerprint density at radius 2 is 1.81 bits per heavy atom. The maximum Gasteiger partial charge on any atom is 0.335 e. The first-order chi connectivity index (χ1) is 20.9. The van der Waals surface area contributed by atoms with Gasteiger partial charge in [-0.3, -0.25) is 19.9 Å². The van der Waals surface area contributed by atoms with Gasteiger partial charge >= 0.3 is 5.97 Å². The largest absolute Gasteiger partial charge is 0.478 e. The third-order valence-corrected chi connectivity index (χ3v) is 7.98. The van der Waals surface area contributed by atoms with Gasteiger partial charge in [-0.1, -0.05) is 6.07 Å². The van der Waals surface area contributed by atoms with Crippen LogP contribution in [0.2, 0.25) is 0 Å². The van der Waals surface area contributed by atoms with Gasteiger partial charge in [-0.05, 0) is 72.6 Å². The van der Waals surface area contributed by atoms with Crippen LogP contribution in [-0.4, -0.2) is 49.5 Å². The Hall–Kier alpha value is -5.62. The number of carbonyl (C=O) groups is 3. The maximum absolute atomic E-state index is 13.3. The molecule has 0 unspecified atom stereocenters. The molecule has 4 aromatic heterocycles. The molecule has 4 heterocycles. The number of nitrogens with one attached hydrogen (secondary N) is 1. The molecule has 0 aliphatic heterocycles. The summed E-state index contributed by atoms with van der Waals surface area (Å²) in [5.41, 5.74) is 3.44. The topological polar surface area (TPSA) is 143 Å². The first-order valence-corrected chi connectivity index (χ1v) is 14.0. The first-order valence-electron chi connectivity index (χ1n) is 13.2. The lowest BCUT2D eigenvalue weighted by Gasteiger charge is -2.17. The molecule has 6 rings (SSSR count). The molecule has 0 saturated carbocycles. The van der Waals surface area contributed by atoms with Crippen LogP contribution in [0.15, 0.2) is 96.1 Å². The minimum Gasteiger partial charge on any atom is -0.478 e.